The summed E-state index contributed by atoms with van der Waals surface area (Å²) in [7, 11) is 2.04. The molecule has 0 unspecified atom stereocenters. The number of H-pyrrole nitrogens is 1. The molecule has 2 aromatic heterocycles. The number of amides is 1. The molecule has 0 radical (unpaired) electrons. The van der Waals surface area contributed by atoms with E-state index in [2.05, 4.69) is 32.4 Å². The number of rotatable bonds is 8. The Balaban J connectivity index is 1.52. The lowest BCUT2D eigenvalue weighted by molar-refractivity contribution is -0.105. The quantitative estimate of drug-likeness (QED) is 0.240. The Morgan fingerprint density at radius 3 is 2.63 bits per heavy atom. The summed E-state index contributed by atoms with van der Waals surface area (Å²) in [6.45, 7) is 3.74. The molecule has 0 aliphatic carbocycles. The first-order valence-electron chi connectivity index (χ1n) is 11.1. The molecular formula is C26H24ClN5O3. The number of aromatic nitrogens is 2. The molecule has 9 heteroatoms. The lowest BCUT2D eigenvalue weighted by atomic mass is 9.92. The highest BCUT2D eigenvalue weighted by Gasteiger charge is 2.37. The highest BCUT2D eigenvalue weighted by Crippen LogP contribution is 2.38. The molecule has 0 saturated carbocycles. The molecule has 5 rings (SSSR count). The number of nitrogens with zero attached hydrogens (tertiary/aromatic N) is 2. The molecule has 0 bridgehead atoms. The first-order valence-corrected chi connectivity index (χ1v) is 11.5. The predicted molar refractivity (Wildman–Crippen MR) is 137 cm³/mol. The third-order valence-electron chi connectivity index (χ3n) is 5.99. The van der Waals surface area contributed by atoms with Crippen molar-refractivity contribution in [3.63, 3.8) is 0 Å². The number of likely N-dealkylation sites (tertiary alicyclic amines) is 1. The fourth-order valence-electron chi connectivity index (χ4n) is 4.62. The van der Waals surface area contributed by atoms with Crippen LogP contribution in [0, 0.1) is 0 Å². The summed E-state index contributed by atoms with van der Waals surface area (Å²) in [5, 5.41) is 7.11. The Bertz CT molecular complexity index is 1410. The van der Waals surface area contributed by atoms with Gasteiger partial charge in [-0.05, 0) is 38.2 Å². The summed E-state index contributed by atoms with van der Waals surface area (Å²) in [5.74, 6) is 0.933. The average molecular weight is 490 g/mol. The number of anilines is 2. The van der Waals surface area contributed by atoms with Gasteiger partial charge < -0.3 is 25.3 Å². The van der Waals surface area contributed by atoms with E-state index in [-0.39, 0.29) is 16.3 Å². The first-order chi connectivity index (χ1) is 16.9. The standard InChI is InChI=1S/C26H24ClN5O3/c1-26(13-32(2)14-26)31-23-21(30-15-33)12-29-25-22(23)19(11-28-25)24(34)18-9-8-17(10-20(18)27)35-16-6-4-3-5-7-16/h3-12,15H,13-14H2,1-2H3,(H,30,33)(H2,28,29,31). The summed E-state index contributed by atoms with van der Waals surface area (Å²) in [6, 6.07) is 14.3. The Labute approximate surface area is 207 Å². The second-order valence-electron chi connectivity index (χ2n) is 8.98. The second kappa shape index (κ2) is 9.05. The van der Waals surface area contributed by atoms with Crippen LogP contribution in [0.1, 0.15) is 22.8 Å². The number of carbonyl (C=O) groups is 2. The zero-order valence-corrected chi connectivity index (χ0v) is 20.0. The number of likely N-dealkylation sites (N-methyl/N-ethyl adjacent to an activating group) is 1. The lowest BCUT2D eigenvalue weighted by Gasteiger charge is -2.47. The molecule has 178 valence electrons. The Morgan fingerprint density at radius 1 is 1.17 bits per heavy atom. The molecule has 1 saturated heterocycles. The summed E-state index contributed by atoms with van der Waals surface area (Å²) in [5.41, 5.74) is 2.19. The van der Waals surface area contributed by atoms with Gasteiger partial charge in [0.1, 0.15) is 17.1 Å². The van der Waals surface area contributed by atoms with Gasteiger partial charge in [-0.2, -0.15) is 0 Å². The van der Waals surface area contributed by atoms with Crippen LogP contribution >= 0.6 is 11.6 Å². The monoisotopic (exact) mass is 489 g/mol. The number of pyridine rings is 1. The second-order valence-corrected chi connectivity index (χ2v) is 9.39. The number of nitrogens with one attached hydrogen (secondary N) is 3. The van der Waals surface area contributed by atoms with E-state index in [1.54, 1.807) is 30.6 Å². The van der Waals surface area contributed by atoms with E-state index in [4.69, 9.17) is 16.3 Å². The van der Waals surface area contributed by atoms with Crippen LogP contribution < -0.4 is 15.4 Å². The van der Waals surface area contributed by atoms with Crippen LogP contribution in [0.25, 0.3) is 11.0 Å². The van der Waals surface area contributed by atoms with E-state index in [1.165, 1.54) is 0 Å². The van der Waals surface area contributed by atoms with Gasteiger partial charge >= 0.3 is 0 Å². The van der Waals surface area contributed by atoms with Gasteiger partial charge in [0.15, 0.2) is 5.78 Å². The van der Waals surface area contributed by atoms with Crippen molar-refractivity contribution in [2.45, 2.75) is 12.5 Å². The van der Waals surface area contributed by atoms with Crippen LogP contribution in [-0.4, -0.2) is 52.7 Å². The van der Waals surface area contributed by atoms with Crippen molar-refractivity contribution >= 4 is 46.2 Å². The van der Waals surface area contributed by atoms with Crippen LogP contribution in [0.15, 0.2) is 60.9 Å². The minimum Gasteiger partial charge on any atom is -0.457 e. The molecule has 1 amide bonds. The Kier molecular flexibility index (Phi) is 5.92. The number of hydrogen-bond acceptors (Lipinski definition) is 6. The van der Waals surface area contributed by atoms with Crippen LogP contribution in [0.3, 0.4) is 0 Å². The number of ketones is 1. The number of benzene rings is 2. The third kappa shape index (κ3) is 4.45. The molecule has 0 atom stereocenters. The number of fused-ring (bicyclic) bond motifs is 1. The number of ether oxygens (including phenoxy) is 1. The van der Waals surface area contributed by atoms with Gasteiger partial charge in [-0.25, -0.2) is 4.98 Å². The molecule has 4 aromatic rings. The van der Waals surface area contributed by atoms with Crippen molar-refractivity contribution in [3.8, 4) is 11.5 Å². The molecular weight excluding hydrogens is 466 g/mol. The summed E-state index contributed by atoms with van der Waals surface area (Å²) >= 11 is 6.53. The third-order valence-corrected chi connectivity index (χ3v) is 6.30. The van der Waals surface area contributed by atoms with Crippen molar-refractivity contribution in [3.05, 3.63) is 77.1 Å². The maximum atomic E-state index is 13.6. The highest BCUT2D eigenvalue weighted by atomic mass is 35.5. The van der Waals surface area contributed by atoms with E-state index in [0.717, 1.165) is 13.1 Å². The zero-order chi connectivity index (χ0) is 24.6. The molecule has 1 fully saturated rings. The average Bonchev–Trinajstić information content (AvgIpc) is 3.25. The van der Waals surface area contributed by atoms with Crippen LogP contribution in [-0.2, 0) is 4.79 Å². The minimum absolute atomic E-state index is 0.214. The van der Waals surface area contributed by atoms with Crippen molar-refractivity contribution in [1.82, 2.24) is 14.9 Å². The highest BCUT2D eigenvalue weighted by molar-refractivity contribution is 6.36. The molecule has 1 aliphatic heterocycles. The number of carbonyl (C=O) groups excluding carboxylic acids is 2. The van der Waals surface area contributed by atoms with Gasteiger partial charge in [-0.15, -0.1) is 0 Å². The van der Waals surface area contributed by atoms with Gasteiger partial charge in [0, 0.05) is 30.9 Å². The molecule has 0 spiro atoms. The van der Waals surface area contributed by atoms with Crippen LogP contribution in [0.5, 0.6) is 11.5 Å². The normalized spacial score (nSPS) is 14.8. The largest absolute Gasteiger partial charge is 0.457 e. The van der Waals surface area contributed by atoms with E-state index >= 15 is 0 Å². The van der Waals surface area contributed by atoms with Gasteiger partial charge in [0.25, 0.3) is 0 Å². The number of hydrogen-bond donors (Lipinski definition) is 3. The zero-order valence-electron chi connectivity index (χ0n) is 19.3. The van der Waals surface area contributed by atoms with Gasteiger partial charge in [-0.1, -0.05) is 29.8 Å². The molecule has 3 N–H and O–H groups in total. The van der Waals surface area contributed by atoms with E-state index in [0.29, 0.717) is 51.4 Å². The Morgan fingerprint density at radius 2 is 1.94 bits per heavy atom. The molecule has 35 heavy (non-hydrogen) atoms. The maximum absolute atomic E-state index is 13.6. The maximum Gasteiger partial charge on any atom is 0.211 e. The van der Waals surface area contributed by atoms with Crippen molar-refractivity contribution in [2.24, 2.45) is 0 Å². The van der Waals surface area contributed by atoms with Crippen molar-refractivity contribution < 1.29 is 14.3 Å². The van der Waals surface area contributed by atoms with Gasteiger partial charge in [-0.3, -0.25) is 9.59 Å². The Hall–Kier alpha value is -3.88. The summed E-state index contributed by atoms with van der Waals surface area (Å²) in [4.78, 5) is 34.6. The van der Waals surface area contributed by atoms with Gasteiger partial charge in [0.05, 0.1) is 39.1 Å². The van der Waals surface area contributed by atoms with E-state index in [9.17, 15) is 9.59 Å². The van der Waals surface area contributed by atoms with E-state index in [1.807, 2.05) is 37.4 Å². The molecule has 2 aromatic carbocycles. The molecule has 3 heterocycles. The number of halogens is 1. The summed E-state index contributed by atoms with van der Waals surface area (Å²) in [6.07, 6.45) is 3.79. The van der Waals surface area contributed by atoms with Gasteiger partial charge in [0.2, 0.25) is 6.41 Å². The number of aromatic amines is 1. The fraction of sp³-hybridized carbons (Fsp3) is 0.192. The van der Waals surface area contributed by atoms with Crippen molar-refractivity contribution in [2.75, 3.05) is 30.8 Å². The lowest BCUT2D eigenvalue weighted by Crippen LogP contribution is -2.62. The molecule has 8 nitrogen and oxygen atoms in total. The predicted octanol–water partition coefficient (Wildman–Crippen LogP) is 4.92. The first kappa shape index (κ1) is 22.9. The minimum atomic E-state index is -0.267. The summed E-state index contributed by atoms with van der Waals surface area (Å²) < 4.78 is 5.83. The SMILES string of the molecule is CN1CC(C)(Nc2c(NC=O)cnc3[nH]cc(C(=O)c4ccc(Oc5ccccc5)cc4Cl)c23)C1. The van der Waals surface area contributed by atoms with E-state index < -0.39 is 0 Å². The topological polar surface area (TPSA) is 99.4 Å². The molecule has 1 aliphatic rings. The number of para-hydroxylation sites is 1. The van der Waals surface area contributed by atoms with Crippen LogP contribution in [0.2, 0.25) is 5.02 Å². The smallest absolute Gasteiger partial charge is 0.211 e. The fourth-order valence-corrected chi connectivity index (χ4v) is 4.87. The van der Waals surface area contributed by atoms with Crippen molar-refractivity contribution in [1.29, 1.82) is 0 Å². The van der Waals surface area contributed by atoms with Crippen LogP contribution in [0.4, 0.5) is 11.4 Å².